The second-order valence-corrected chi connectivity index (χ2v) is 10.2. The van der Waals surface area contributed by atoms with Gasteiger partial charge in [0.2, 0.25) is 0 Å². The van der Waals surface area contributed by atoms with Crippen molar-refractivity contribution in [2.75, 3.05) is 38.1 Å². The molecule has 0 spiro atoms. The monoisotopic (exact) mass is 459 g/mol. The van der Waals surface area contributed by atoms with Crippen LogP contribution in [0.25, 0.3) is 0 Å². The highest BCUT2D eigenvalue weighted by Gasteiger charge is 2.53. The molecule has 1 N–H and O–H groups in total. The molecule has 6 nitrogen and oxygen atoms in total. The van der Waals surface area contributed by atoms with E-state index in [9.17, 15) is 9.59 Å². The molecule has 2 aromatic carbocycles. The van der Waals surface area contributed by atoms with Crippen LogP contribution >= 0.6 is 0 Å². The highest BCUT2D eigenvalue weighted by molar-refractivity contribution is 5.95. The van der Waals surface area contributed by atoms with E-state index in [4.69, 9.17) is 4.74 Å². The van der Waals surface area contributed by atoms with Gasteiger partial charge in [0.15, 0.2) is 0 Å². The number of piperazine rings is 1. The van der Waals surface area contributed by atoms with Crippen LogP contribution in [-0.2, 0) is 4.74 Å². The minimum Gasteiger partial charge on any atom is -0.450 e. The van der Waals surface area contributed by atoms with E-state index in [1.165, 1.54) is 36.1 Å². The summed E-state index contributed by atoms with van der Waals surface area (Å²) in [6.45, 7) is 4.30. The molecule has 2 saturated carbocycles. The molecule has 4 aliphatic rings. The average Bonchev–Trinajstić information content (AvgIpc) is 3.51. The van der Waals surface area contributed by atoms with Crippen molar-refractivity contribution >= 4 is 17.7 Å². The summed E-state index contributed by atoms with van der Waals surface area (Å²) in [4.78, 5) is 29.0. The summed E-state index contributed by atoms with van der Waals surface area (Å²) in [7, 11) is 0. The Hall–Kier alpha value is -3.02. The molecule has 2 amide bonds. The average molecular weight is 460 g/mol. The first-order valence-corrected chi connectivity index (χ1v) is 12.8. The molecule has 6 heteroatoms. The van der Waals surface area contributed by atoms with Gasteiger partial charge in [-0.1, -0.05) is 30.3 Å². The first kappa shape index (κ1) is 21.5. The number of fused-ring (bicyclic) bond motifs is 7. The maximum atomic E-state index is 13.4. The van der Waals surface area contributed by atoms with Gasteiger partial charge in [0.1, 0.15) is 0 Å². The molecule has 5 atom stereocenters. The number of nitrogens with zero attached hydrogens (tertiary/aromatic N) is 2. The Morgan fingerprint density at radius 2 is 1.71 bits per heavy atom. The summed E-state index contributed by atoms with van der Waals surface area (Å²) in [5.74, 6) is 2.66. The Balaban J connectivity index is 1.24. The fraction of sp³-hybridized carbons (Fsp3) is 0.500. The summed E-state index contributed by atoms with van der Waals surface area (Å²) < 4.78 is 5.11. The van der Waals surface area contributed by atoms with E-state index < -0.39 is 0 Å². The van der Waals surface area contributed by atoms with Crippen LogP contribution in [0.4, 0.5) is 10.5 Å². The van der Waals surface area contributed by atoms with Crippen molar-refractivity contribution in [3.63, 3.8) is 0 Å². The molecular weight excluding hydrogens is 426 g/mol. The Bertz CT molecular complexity index is 1080. The smallest absolute Gasteiger partial charge is 0.409 e. The van der Waals surface area contributed by atoms with Gasteiger partial charge >= 0.3 is 6.09 Å². The van der Waals surface area contributed by atoms with Crippen molar-refractivity contribution in [2.45, 2.75) is 38.1 Å². The standard InChI is InChI=1S/C28H33N3O3/c1-2-34-28(33)31-14-12-30(13-15-31)27(32)21-10-11-23-22(17-21)24-19-8-9-20(16-19)25(24)26(29-23)18-6-4-3-5-7-18/h3-7,10-11,17,19-20,24-26,29H,2,8-9,12-16H2,1H3/t19-,20-,24-,25-,26+/m0/s1. The van der Waals surface area contributed by atoms with Crippen molar-refractivity contribution in [1.82, 2.24) is 9.80 Å². The summed E-state index contributed by atoms with van der Waals surface area (Å²) in [5.41, 5.74) is 4.66. The number of benzene rings is 2. The number of ether oxygens (including phenoxy) is 1. The summed E-state index contributed by atoms with van der Waals surface area (Å²) in [5, 5.41) is 3.86. The van der Waals surface area contributed by atoms with Gasteiger partial charge in [-0.3, -0.25) is 4.79 Å². The van der Waals surface area contributed by atoms with E-state index >= 15 is 0 Å². The predicted octanol–water partition coefficient (Wildman–Crippen LogP) is 4.90. The minimum absolute atomic E-state index is 0.0659. The maximum absolute atomic E-state index is 13.4. The lowest BCUT2D eigenvalue weighted by Gasteiger charge is -2.43. The van der Waals surface area contributed by atoms with Crippen LogP contribution in [0.3, 0.4) is 0 Å². The molecule has 0 unspecified atom stereocenters. The van der Waals surface area contributed by atoms with Crippen LogP contribution in [0.5, 0.6) is 0 Å². The Morgan fingerprint density at radius 3 is 2.47 bits per heavy atom. The zero-order valence-electron chi connectivity index (χ0n) is 19.8. The molecule has 1 saturated heterocycles. The first-order valence-electron chi connectivity index (χ1n) is 12.8. The third-order valence-electron chi connectivity index (χ3n) is 8.59. The van der Waals surface area contributed by atoms with Gasteiger partial charge in [-0.25, -0.2) is 4.79 Å². The number of rotatable bonds is 3. The Kier molecular flexibility index (Phi) is 5.47. The fourth-order valence-corrected chi connectivity index (χ4v) is 7.10. The number of carbonyl (C=O) groups is 2. The number of hydrogen-bond acceptors (Lipinski definition) is 4. The summed E-state index contributed by atoms with van der Waals surface area (Å²) in [6, 6.07) is 17.5. The van der Waals surface area contributed by atoms with Crippen LogP contribution in [0.1, 0.15) is 59.6 Å². The largest absolute Gasteiger partial charge is 0.450 e. The lowest BCUT2D eigenvalue weighted by atomic mass is 9.68. The van der Waals surface area contributed by atoms with Gasteiger partial charge in [-0.2, -0.15) is 0 Å². The highest BCUT2D eigenvalue weighted by atomic mass is 16.6. The van der Waals surface area contributed by atoms with Gasteiger partial charge in [0.25, 0.3) is 5.91 Å². The molecule has 2 bridgehead atoms. The van der Waals surface area contributed by atoms with Gasteiger partial charge in [-0.05, 0) is 79.2 Å². The topological polar surface area (TPSA) is 61.9 Å². The van der Waals surface area contributed by atoms with E-state index in [0.717, 1.165) is 17.4 Å². The molecule has 0 radical (unpaired) electrons. The molecule has 34 heavy (non-hydrogen) atoms. The number of anilines is 1. The summed E-state index contributed by atoms with van der Waals surface area (Å²) in [6.07, 6.45) is 3.66. The molecule has 2 heterocycles. The van der Waals surface area contributed by atoms with Crippen LogP contribution < -0.4 is 5.32 Å². The van der Waals surface area contributed by atoms with Gasteiger partial charge < -0.3 is 19.9 Å². The van der Waals surface area contributed by atoms with Crippen LogP contribution in [0, 0.1) is 17.8 Å². The molecule has 2 aromatic rings. The first-order chi connectivity index (χ1) is 16.6. The zero-order valence-corrected chi connectivity index (χ0v) is 19.8. The normalized spacial score (nSPS) is 29.3. The van der Waals surface area contributed by atoms with Crippen LogP contribution in [-0.4, -0.2) is 54.6 Å². The van der Waals surface area contributed by atoms with Gasteiger partial charge in [0, 0.05) is 37.4 Å². The predicted molar refractivity (Wildman–Crippen MR) is 131 cm³/mol. The summed E-state index contributed by atoms with van der Waals surface area (Å²) >= 11 is 0. The zero-order chi connectivity index (χ0) is 23.2. The number of hydrogen-bond donors (Lipinski definition) is 1. The van der Waals surface area contributed by atoms with Crippen LogP contribution in [0.2, 0.25) is 0 Å². The molecular formula is C28H33N3O3. The maximum Gasteiger partial charge on any atom is 0.409 e. The van der Waals surface area contributed by atoms with Crippen molar-refractivity contribution in [3.05, 3.63) is 65.2 Å². The van der Waals surface area contributed by atoms with E-state index in [1.54, 1.807) is 4.90 Å². The molecule has 3 fully saturated rings. The molecule has 178 valence electrons. The number of nitrogens with one attached hydrogen (secondary N) is 1. The second-order valence-electron chi connectivity index (χ2n) is 10.2. The molecule has 2 aliphatic carbocycles. The highest BCUT2D eigenvalue weighted by Crippen LogP contribution is 2.63. The lowest BCUT2D eigenvalue weighted by molar-refractivity contribution is 0.0570. The van der Waals surface area contributed by atoms with Crippen molar-refractivity contribution < 1.29 is 14.3 Å². The van der Waals surface area contributed by atoms with E-state index in [0.29, 0.717) is 50.7 Å². The number of amides is 2. The van der Waals surface area contributed by atoms with Crippen molar-refractivity contribution in [3.8, 4) is 0 Å². The van der Waals surface area contributed by atoms with Gasteiger partial charge in [0.05, 0.1) is 12.6 Å². The van der Waals surface area contributed by atoms with Gasteiger partial charge in [-0.15, -0.1) is 0 Å². The molecule has 2 aliphatic heterocycles. The molecule has 6 rings (SSSR count). The van der Waals surface area contributed by atoms with Crippen molar-refractivity contribution in [1.29, 1.82) is 0 Å². The number of carbonyl (C=O) groups excluding carboxylic acids is 2. The van der Waals surface area contributed by atoms with Crippen molar-refractivity contribution in [2.24, 2.45) is 17.8 Å². The lowest BCUT2D eigenvalue weighted by Crippen LogP contribution is -2.50. The van der Waals surface area contributed by atoms with E-state index in [2.05, 4.69) is 47.8 Å². The quantitative estimate of drug-likeness (QED) is 0.709. The minimum atomic E-state index is -0.287. The molecule has 0 aromatic heterocycles. The van der Waals surface area contributed by atoms with E-state index in [1.807, 2.05) is 17.9 Å². The second kappa shape index (κ2) is 8.64. The van der Waals surface area contributed by atoms with Crippen LogP contribution in [0.15, 0.2) is 48.5 Å². The Labute approximate surface area is 201 Å². The third-order valence-corrected chi connectivity index (χ3v) is 8.59. The fourth-order valence-electron chi connectivity index (χ4n) is 7.10. The van der Waals surface area contributed by atoms with E-state index in [-0.39, 0.29) is 12.0 Å². The third kappa shape index (κ3) is 3.55. The Morgan fingerprint density at radius 1 is 0.971 bits per heavy atom. The SMILES string of the molecule is CCOC(=O)N1CCN(C(=O)c2ccc3c(c2)[C@@H]2[C@H]4CC[C@@H](C4)[C@@H]2[C@@H](c2ccccc2)N3)CC1.